The zero-order valence-electron chi connectivity index (χ0n) is 8.59. The molecule has 4 nitrogen and oxygen atoms in total. The Morgan fingerprint density at radius 3 is 2.87 bits per heavy atom. The molecule has 0 fully saturated rings. The molecule has 5 heteroatoms. The van der Waals surface area contributed by atoms with Crippen LogP contribution in [0.2, 0.25) is 0 Å². The van der Waals surface area contributed by atoms with Crippen LogP contribution in [0.5, 0.6) is 0 Å². The van der Waals surface area contributed by atoms with Crippen LogP contribution >= 0.6 is 11.3 Å². The molecule has 0 aliphatic heterocycles. The topological polar surface area (TPSA) is 39.8 Å². The average molecular weight is 223 g/mol. The van der Waals surface area contributed by atoms with Gasteiger partial charge in [-0.1, -0.05) is 6.92 Å². The van der Waals surface area contributed by atoms with Crippen LogP contribution in [0.25, 0.3) is 0 Å². The largest absolute Gasteiger partial charge is 0.328 e. The first-order valence-corrected chi connectivity index (χ1v) is 5.88. The summed E-state index contributed by atoms with van der Waals surface area (Å²) >= 11 is 1.55. The third-order valence-corrected chi connectivity index (χ3v) is 2.83. The lowest BCUT2D eigenvalue weighted by atomic mass is 10.5. The molecule has 0 unspecified atom stereocenters. The van der Waals surface area contributed by atoms with Crippen LogP contribution in [0, 0.1) is 0 Å². The van der Waals surface area contributed by atoms with E-state index in [4.69, 9.17) is 0 Å². The van der Waals surface area contributed by atoms with E-state index in [1.807, 2.05) is 17.8 Å². The Bertz CT molecular complexity index is 469. The summed E-state index contributed by atoms with van der Waals surface area (Å²) in [7, 11) is 0. The van der Waals surface area contributed by atoms with Crippen molar-refractivity contribution in [2.24, 2.45) is 0 Å². The predicted octanol–water partition coefficient (Wildman–Crippen LogP) is 1.56. The molecule has 2 aromatic heterocycles. The summed E-state index contributed by atoms with van der Waals surface area (Å²) in [5.41, 5.74) is 2.77. The van der Waals surface area contributed by atoms with Crippen molar-refractivity contribution in [2.75, 3.05) is 0 Å². The van der Waals surface area contributed by atoms with Crippen molar-refractivity contribution in [3.63, 3.8) is 0 Å². The zero-order chi connectivity index (χ0) is 10.7. The highest BCUT2D eigenvalue weighted by Gasteiger charge is 2.03. The Kier molecular flexibility index (Phi) is 3.01. The molecule has 0 aromatic carbocycles. The number of nitrogens with zero attached hydrogens (tertiary/aromatic N) is 3. The molecule has 0 N–H and O–H groups in total. The molecular formula is C10H13N3OS. The molecule has 80 valence electrons. The van der Waals surface area contributed by atoms with E-state index >= 15 is 0 Å². The zero-order valence-corrected chi connectivity index (χ0v) is 9.41. The highest BCUT2D eigenvalue weighted by atomic mass is 32.1. The summed E-state index contributed by atoms with van der Waals surface area (Å²) in [6.07, 6.45) is 4.62. The second kappa shape index (κ2) is 4.44. The van der Waals surface area contributed by atoms with Gasteiger partial charge in [0, 0.05) is 24.3 Å². The Hall–Kier alpha value is -1.36. The maximum Gasteiger partial charge on any atom is 0.328 e. The van der Waals surface area contributed by atoms with Crippen molar-refractivity contribution >= 4 is 11.3 Å². The molecule has 2 heterocycles. The summed E-state index contributed by atoms with van der Waals surface area (Å²) in [6.45, 7) is 3.41. The number of imidazole rings is 1. The number of aryl methyl sites for hydroxylation is 1. The molecule has 0 bridgehead atoms. The first kappa shape index (κ1) is 10.2. The van der Waals surface area contributed by atoms with E-state index in [1.165, 1.54) is 0 Å². The molecule has 2 aromatic rings. The van der Waals surface area contributed by atoms with E-state index in [-0.39, 0.29) is 5.69 Å². The number of hydrogen-bond acceptors (Lipinski definition) is 3. The van der Waals surface area contributed by atoms with E-state index in [9.17, 15) is 4.79 Å². The van der Waals surface area contributed by atoms with E-state index in [0.717, 1.165) is 18.7 Å². The third-order valence-electron chi connectivity index (χ3n) is 2.20. The first-order valence-electron chi connectivity index (χ1n) is 4.94. The predicted molar refractivity (Wildman–Crippen MR) is 60.2 cm³/mol. The van der Waals surface area contributed by atoms with Gasteiger partial charge in [0.1, 0.15) is 0 Å². The summed E-state index contributed by atoms with van der Waals surface area (Å²) in [6, 6.07) is 0. The number of thiazole rings is 1. The normalized spacial score (nSPS) is 10.7. The molecule has 0 saturated heterocycles. The average Bonchev–Trinajstić information content (AvgIpc) is 2.83. The maximum absolute atomic E-state index is 11.8. The quantitative estimate of drug-likeness (QED) is 0.789. The highest BCUT2D eigenvalue weighted by Crippen LogP contribution is 2.02. The maximum atomic E-state index is 11.8. The van der Waals surface area contributed by atoms with Crippen LogP contribution in [0.4, 0.5) is 0 Å². The number of rotatable bonds is 4. The van der Waals surface area contributed by atoms with E-state index < -0.39 is 0 Å². The number of hydrogen-bond donors (Lipinski definition) is 0. The van der Waals surface area contributed by atoms with Crippen molar-refractivity contribution in [1.29, 1.82) is 0 Å². The van der Waals surface area contributed by atoms with Gasteiger partial charge >= 0.3 is 5.69 Å². The van der Waals surface area contributed by atoms with Crippen LogP contribution in [0.3, 0.4) is 0 Å². The highest BCUT2D eigenvalue weighted by molar-refractivity contribution is 7.07. The minimum Gasteiger partial charge on any atom is -0.299 e. The van der Waals surface area contributed by atoms with Gasteiger partial charge in [-0.2, -0.15) is 0 Å². The summed E-state index contributed by atoms with van der Waals surface area (Å²) in [4.78, 5) is 15.9. The van der Waals surface area contributed by atoms with Crippen molar-refractivity contribution < 1.29 is 0 Å². The van der Waals surface area contributed by atoms with Crippen LogP contribution in [0.15, 0.2) is 28.1 Å². The van der Waals surface area contributed by atoms with Gasteiger partial charge in [0.05, 0.1) is 17.7 Å². The van der Waals surface area contributed by atoms with Gasteiger partial charge < -0.3 is 0 Å². The Morgan fingerprint density at radius 2 is 2.20 bits per heavy atom. The minimum absolute atomic E-state index is 0.0462. The Morgan fingerprint density at radius 1 is 1.40 bits per heavy atom. The molecule has 0 aliphatic rings. The Labute approximate surface area is 91.8 Å². The monoisotopic (exact) mass is 223 g/mol. The van der Waals surface area contributed by atoms with Gasteiger partial charge in [-0.15, -0.1) is 11.3 Å². The molecule has 15 heavy (non-hydrogen) atoms. The van der Waals surface area contributed by atoms with Crippen molar-refractivity contribution in [1.82, 2.24) is 14.1 Å². The van der Waals surface area contributed by atoms with E-state index in [2.05, 4.69) is 11.9 Å². The van der Waals surface area contributed by atoms with Crippen LogP contribution in [-0.2, 0) is 13.1 Å². The lowest BCUT2D eigenvalue weighted by Crippen LogP contribution is -2.24. The first-order chi connectivity index (χ1) is 7.31. The smallest absolute Gasteiger partial charge is 0.299 e. The number of aromatic nitrogens is 3. The molecule has 0 saturated carbocycles. The molecular weight excluding hydrogens is 210 g/mol. The van der Waals surface area contributed by atoms with Gasteiger partial charge in [0.15, 0.2) is 0 Å². The van der Waals surface area contributed by atoms with Gasteiger partial charge in [-0.05, 0) is 6.42 Å². The van der Waals surface area contributed by atoms with E-state index in [1.54, 1.807) is 26.0 Å². The van der Waals surface area contributed by atoms with Gasteiger partial charge in [0.2, 0.25) is 0 Å². The molecule has 0 aliphatic carbocycles. The second-order valence-corrected chi connectivity index (χ2v) is 4.10. The molecule has 0 radical (unpaired) electrons. The van der Waals surface area contributed by atoms with Crippen LogP contribution in [0.1, 0.15) is 19.0 Å². The SMILES string of the molecule is CCCn1ccn(Cc2cscn2)c1=O. The third kappa shape index (κ3) is 2.18. The van der Waals surface area contributed by atoms with Crippen molar-refractivity contribution in [3.05, 3.63) is 39.5 Å². The van der Waals surface area contributed by atoms with E-state index in [0.29, 0.717) is 6.54 Å². The van der Waals surface area contributed by atoms with Gasteiger partial charge in [-0.25, -0.2) is 9.78 Å². The molecule has 0 amide bonds. The van der Waals surface area contributed by atoms with Gasteiger partial charge in [0.25, 0.3) is 0 Å². The molecule has 0 spiro atoms. The lowest BCUT2D eigenvalue weighted by Gasteiger charge is -1.98. The second-order valence-electron chi connectivity index (χ2n) is 3.38. The lowest BCUT2D eigenvalue weighted by molar-refractivity contribution is 0.622. The summed E-state index contributed by atoms with van der Waals surface area (Å²) < 4.78 is 3.41. The molecule has 0 atom stereocenters. The van der Waals surface area contributed by atoms with Crippen molar-refractivity contribution in [2.45, 2.75) is 26.4 Å². The standard InChI is InChI=1S/C10H13N3OS/c1-2-3-12-4-5-13(10(12)14)6-9-7-15-8-11-9/h4-5,7-8H,2-3,6H2,1H3. The van der Waals surface area contributed by atoms with Crippen LogP contribution < -0.4 is 5.69 Å². The Balaban J connectivity index is 2.19. The van der Waals surface area contributed by atoms with Gasteiger partial charge in [-0.3, -0.25) is 9.13 Å². The van der Waals surface area contributed by atoms with Crippen molar-refractivity contribution in [3.8, 4) is 0 Å². The fourth-order valence-electron chi connectivity index (χ4n) is 1.48. The fourth-order valence-corrected chi connectivity index (χ4v) is 2.02. The van der Waals surface area contributed by atoms with Crippen LogP contribution in [-0.4, -0.2) is 14.1 Å². The summed E-state index contributed by atoms with van der Waals surface area (Å²) in [5.74, 6) is 0. The molecule has 2 rings (SSSR count). The summed E-state index contributed by atoms with van der Waals surface area (Å²) in [5, 5.41) is 1.96. The minimum atomic E-state index is 0.0462. The fraction of sp³-hybridized carbons (Fsp3) is 0.400.